The molecular formula is C24H19F3N2O2S. The molecule has 0 saturated heterocycles. The number of nitrogens with zero attached hydrogens (tertiary/aromatic N) is 1. The average Bonchev–Trinajstić information content (AvgIpc) is 3.35. The van der Waals surface area contributed by atoms with Crippen LogP contribution in [0.3, 0.4) is 0 Å². The number of nitrogens with one attached hydrogen (secondary N) is 1. The van der Waals surface area contributed by atoms with Gasteiger partial charge in [0.15, 0.2) is 0 Å². The normalized spacial score (nSPS) is 14.6. The fraction of sp³-hybridized carbons (Fsp3) is 0.167. The van der Waals surface area contributed by atoms with Crippen LogP contribution in [0.25, 0.3) is 5.57 Å². The minimum Gasteiger partial charge on any atom is -0.350 e. The largest absolute Gasteiger partial charge is 0.416 e. The highest BCUT2D eigenvalue weighted by Crippen LogP contribution is 2.38. The molecule has 3 aromatic rings. The van der Waals surface area contributed by atoms with Gasteiger partial charge in [0.25, 0.3) is 11.8 Å². The van der Waals surface area contributed by atoms with Crippen LogP contribution in [0.15, 0.2) is 71.7 Å². The summed E-state index contributed by atoms with van der Waals surface area (Å²) in [6.45, 7) is 4.12. The number of benzene rings is 2. The smallest absolute Gasteiger partial charge is 0.350 e. The van der Waals surface area contributed by atoms with Crippen LogP contribution in [0.1, 0.15) is 35.8 Å². The molecule has 0 saturated carbocycles. The first-order valence-electron chi connectivity index (χ1n) is 9.88. The van der Waals surface area contributed by atoms with Gasteiger partial charge in [-0.05, 0) is 53.3 Å². The van der Waals surface area contributed by atoms with Crippen LogP contribution in [-0.4, -0.2) is 11.8 Å². The number of carbonyl (C=O) groups is 2. The van der Waals surface area contributed by atoms with Crippen LogP contribution in [0.2, 0.25) is 0 Å². The van der Waals surface area contributed by atoms with Crippen molar-refractivity contribution in [2.24, 2.45) is 0 Å². The summed E-state index contributed by atoms with van der Waals surface area (Å²) in [7, 11) is 0. The Morgan fingerprint density at radius 2 is 1.66 bits per heavy atom. The molecule has 1 N–H and O–H groups in total. The van der Waals surface area contributed by atoms with Gasteiger partial charge in [0, 0.05) is 10.6 Å². The molecule has 2 heterocycles. The minimum atomic E-state index is -4.59. The molecule has 164 valence electrons. The van der Waals surface area contributed by atoms with Crippen LogP contribution >= 0.6 is 11.3 Å². The Balaban J connectivity index is 1.75. The molecular weight excluding hydrogens is 437 g/mol. The monoisotopic (exact) mass is 456 g/mol. The summed E-state index contributed by atoms with van der Waals surface area (Å²) in [6, 6.07) is 15.1. The van der Waals surface area contributed by atoms with E-state index in [1.807, 2.05) is 12.1 Å². The summed E-state index contributed by atoms with van der Waals surface area (Å²) >= 11 is 1.27. The van der Waals surface area contributed by atoms with Crippen LogP contribution in [-0.2, 0) is 15.8 Å². The van der Waals surface area contributed by atoms with E-state index in [9.17, 15) is 22.8 Å². The lowest BCUT2D eigenvalue weighted by molar-refractivity contribution is -0.137. The van der Waals surface area contributed by atoms with E-state index >= 15 is 0 Å². The summed E-state index contributed by atoms with van der Waals surface area (Å²) in [5, 5.41) is 4.79. The zero-order valence-electron chi connectivity index (χ0n) is 17.2. The molecule has 1 aromatic heterocycles. The molecule has 0 spiro atoms. The number of amides is 2. The van der Waals surface area contributed by atoms with E-state index in [4.69, 9.17) is 0 Å². The van der Waals surface area contributed by atoms with E-state index in [-0.39, 0.29) is 17.0 Å². The highest BCUT2D eigenvalue weighted by Gasteiger charge is 2.41. The van der Waals surface area contributed by atoms with Gasteiger partial charge in [0.1, 0.15) is 5.70 Å². The number of hydrogen-bond acceptors (Lipinski definition) is 4. The van der Waals surface area contributed by atoms with Crippen molar-refractivity contribution in [2.45, 2.75) is 25.9 Å². The third kappa shape index (κ3) is 4.05. The summed E-state index contributed by atoms with van der Waals surface area (Å²) in [5.74, 6) is -1.04. The molecule has 1 aliphatic heterocycles. The van der Waals surface area contributed by atoms with Gasteiger partial charge in [-0.1, -0.05) is 38.1 Å². The van der Waals surface area contributed by atoms with Gasteiger partial charge in [0.05, 0.1) is 16.8 Å². The first kappa shape index (κ1) is 21.8. The molecule has 0 bridgehead atoms. The number of anilines is 2. The number of thiophene rings is 1. The van der Waals surface area contributed by atoms with Gasteiger partial charge in [0.2, 0.25) is 0 Å². The van der Waals surface area contributed by atoms with Gasteiger partial charge in [-0.25, -0.2) is 4.90 Å². The van der Waals surface area contributed by atoms with Gasteiger partial charge in [-0.2, -0.15) is 13.2 Å². The van der Waals surface area contributed by atoms with Crippen molar-refractivity contribution in [3.8, 4) is 0 Å². The highest BCUT2D eigenvalue weighted by atomic mass is 32.1. The lowest BCUT2D eigenvalue weighted by Gasteiger charge is -2.17. The number of carbonyl (C=O) groups excluding carboxylic acids is 2. The standard InChI is InChI=1S/C24H19F3N2O2S/c1-14(2)15-8-10-17(11-9-15)28-21-20(19-7-4-12-32-19)22(30)29(23(21)31)18-6-3-5-16(13-18)24(25,26)27/h3-14,28H,1-2H3. The first-order valence-corrected chi connectivity index (χ1v) is 10.8. The molecule has 1 aliphatic rings. The Kier molecular flexibility index (Phi) is 5.64. The van der Waals surface area contributed by atoms with E-state index in [1.165, 1.54) is 23.5 Å². The van der Waals surface area contributed by atoms with E-state index in [1.54, 1.807) is 29.6 Å². The van der Waals surface area contributed by atoms with Gasteiger partial charge >= 0.3 is 6.18 Å². The van der Waals surface area contributed by atoms with Crippen molar-refractivity contribution < 1.29 is 22.8 Å². The fourth-order valence-electron chi connectivity index (χ4n) is 3.45. The Morgan fingerprint density at radius 1 is 0.938 bits per heavy atom. The molecule has 0 aliphatic carbocycles. The average molecular weight is 456 g/mol. The maximum atomic E-state index is 13.3. The van der Waals surface area contributed by atoms with Crippen LogP contribution in [0, 0.1) is 0 Å². The Bertz CT molecular complexity index is 1200. The molecule has 4 rings (SSSR count). The Morgan fingerprint density at radius 3 is 2.25 bits per heavy atom. The maximum Gasteiger partial charge on any atom is 0.416 e. The number of rotatable bonds is 5. The van der Waals surface area contributed by atoms with Gasteiger partial charge < -0.3 is 5.32 Å². The Labute approximate surface area is 187 Å². The number of hydrogen-bond donors (Lipinski definition) is 1. The number of imide groups is 1. The van der Waals surface area contributed by atoms with Crippen molar-refractivity contribution in [1.29, 1.82) is 0 Å². The molecule has 0 unspecified atom stereocenters. The minimum absolute atomic E-state index is 0.0344. The van der Waals surface area contributed by atoms with Crippen LogP contribution < -0.4 is 10.2 Å². The predicted octanol–water partition coefficient (Wildman–Crippen LogP) is 6.29. The molecule has 32 heavy (non-hydrogen) atoms. The topological polar surface area (TPSA) is 49.4 Å². The van der Waals surface area contributed by atoms with Gasteiger partial charge in [-0.15, -0.1) is 11.3 Å². The summed E-state index contributed by atoms with van der Waals surface area (Å²) in [5.41, 5.74) is 0.824. The van der Waals surface area contributed by atoms with Crippen molar-refractivity contribution >= 4 is 40.1 Å². The van der Waals surface area contributed by atoms with Crippen molar-refractivity contribution in [2.75, 3.05) is 10.2 Å². The third-order valence-electron chi connectivity index (χ3n) is 5.13. The zero-order valence-corrected chi connectivity index (χ0v) is 18.1. The van der Waals surface area contributed by atoms with Crippen LogP contribution in [0.4, 0.5) is 24.5 Å². The Hall–Kier alpha value is -3.39. The van der Waals surface area contributed by atoms with Crippen molar-refractivity contribution in [3.05, 3.63) is 87.7 Å². The third-order valence-corrected chi connectivity index (χ3v) is 6.02. The van der Waals surface area contributed by atoms with E-state index in [2.05, 4.69) is 19.2 Å². The van der Waals surface area contributed by atoms with E-state index < -0.39 is 23.6 Å². The van der Waals surface area contributed by atoms with Gasteiger partial charge in [-0.3, -0.25) is 9.59 Å². The number of alkyl halides is 3. The maximum absolute atomic E-state index is 13.3. The lowest BCUT2D eigenvalue weighted by atomic mass is 10.0. The quantitative estimate of drug-likeness (QED) is 0.459. The second-order valence-corrected chi connectivity index (χ2v) is 8.57. The number of halogens is 3. The first-order chi connectivity index (χ1) is 15.2. The summed E-state index contributed by atoms with van der Waals surface area (Å²) < 4.78 is 39.6. The molecule has 0 radical (unpaired) electrons. The van der Waals surface area contributed by atoms with E-state index in [0.29, 0.717) is 16.5 Å². The molecule has 0 atom stereocenters. The SMILES string of the molecule is CC(C)c1ccc(NC2=C(c3cccs3)C(=O)N(c3cccc(C(F)(F)F)c3)C2=O)cc1. The van der Waals surface area contributed by atoms with E-state index in [0.717, 1.165) is 22.6 Å². The lowest BCUT2D eigenvalue weighted by Crippen LogP contribution is -2.32. The predicted molar refractivity (Wildman–Crippen MR) is 119 cm³/mol. The molecule has 2 amide bonds. The summed E-state index contributed by atoms with van der Waals surface area (Å²) in [4.78, 5) is 27.9. The molecule has 8 heteroatoms. The zero-order chi connectivity index (χ0) is 23.0. The van der Waals surface area contributed by atoms with Crippen molar-refractivity contribution in [1.82, 2.24) is 0 Å². The molecule has 0 fully saturated rings. The fourth-order valence-corrected chi connectivity index (χ4v) is 4.21. The molecule has 2 aromatic carbocycles. The second-order valence-electron chi connectivity index (χ2n) is 7.62. The summed E-state index contributed by atoms with van der Waals surface area (Å²) in [6.07, 6.45) is -4.59. The van der Waals surface area contributed by atoms with Crippen molar-refractivity contribution in [3.63, 3.8) is 0 Å². The highest BCUT2D eigenvalue weighted by molar-refractivity contribution is 7.11. The second kappa shape index (κ2) is 8.27. The molecule has 4 nitrogen and oxygen atoms in total. The van der Waals surface area contributed by atoms with Crippen LogP contribution in [0.5, 0.6) is 0 Å².